The zero-order valence-corrected chi connectivity index (χ0v) is 15.4. The minimum Gasteiger partial charge on any atom is -0.240 e. The fourth-order valence-electron chi connectivity index (χ4n) is 2.69. The van der Waals surface area contributed by atoms with Crippen LogP contribution in [0.25, 0.3) is 11.0 Å². The van der Waals surface area contributed by atoms with E-state index < -0.39 is 10.0 Å². The Bertz CT molecular complexity index is 1010. The van der Waals surface area contributed by atoms with Crippen molar-refractivity contribution < 1.29 is 8.42 Å². The monoisotopic (exact) mass is 439 g/mol. The Balaban J connectivity index is 1.95. The standard InChI is InChI=1S/C16H14IN3O2S/c1-10-2-6-12(7-3-10)23(21,22)20-8-13(17)14-15(11-4-5-11)18-9-19-16(14)20/h2-3,6-9,11H,4-5H2,1H3. The number of benzene rings is 1. The van der Waals surface area contributed by atoms with Gasteiger partial charge in [0.15, 0.2) is 5.65 Å². The maximum atomic E-state index is 13.0. The van der Waals surface area contributed by atoms with Crippen LogP contribution in [0.5, 0.6) is 0 Å². The minimum atomic E-state index is -3.66. The van der Waals surface area contributed by atoms with Gasteiger partial charge in [0, 0.05) is 15.7 Å². The maximum Gasteiger partial charge on any atom is 0.269 e. The van der Waals surface area contributed by atoms with Crippen LogP contribution in [0.3, 0.4) is 0 Å². The van der Waals surface area contributed by atoms with Crippen molar-refractivity contribution in [3.63, 3.8) is 0 Å². The third-order valence-corrected chi connectivity index (χ3v) is 6.56. The third-order valence-electron chi connectivity index (χ3n) is 4.08. The maximum absolute atomic E-state index is 13.0. The van der Waals surface area contributed by atoms with Crippen molar-refractivity contribution in [3.05, 3.63) is 51.6 Å². The molecule has 0 aliphatic heterocycles. The molecule has 0 saturated heterocycles. The van der Waals surface area contributed by atoms with Crippen LogP contribution in [0, 0.1) is 10.5 Å². The molecule has 3 aromatic rings. The Morgan fingerprint density at radius 1 is 1.17 bits per heavy atom. The smallest absolute Gasteiger partial charge is 0.240 e. The highest BCUT2D eigenvalue weighted by molar-refractivity contribution is 14.1. The molecule has 23 heavy (non-hydrogen) atoms. The van der Waals surface area contributed by atoms with Gasteiger partial charge in [-0.05, 0) is 54.5 Å². The zero-order chi connectivity index (χ0) is 16.2. The summed E-state index contributed by atoms with van der Waals surface area (Å²) >= 11 is 2.17. The number of aryl methyl sites for hydroxylation is 1. The van der Waals surface area contributed by atoms with Crippen molar-refractivity contribution in [2.75, 3.05) is 0 Å². The van der Waals surface area contributed by atoms with Crippen molar-refractivity contribution in [1.82, 2.24) is 13.9 Å². The molecule has 1 saturated carbocycles. The SMILES string of the molecule is Cc1ccc(S(=O)(=O)n2cc(I)c3c(C4CC4)ncnc32)cc1. The molecule has 0 amide bonds. The number of rotatable bonds is 3. The fourth-order valence-corrected chi connectivity index (χ4v) is 4.99. The van der Waals surface area contributed by atoms with Crippen LogP contribution in [0.2, 0.25) is 0 Å². The molecular formula is C16H14IN3O2S. The summed E-state index contributed by atoms with van der Waals surface area (Å²) in [5, 5.41) is 0.867. The van der Waals surface area contributed by atoms with Gasteiger partial charge in [0.2, 0.25) is 0 Å². The van der Waals surface area contributed by atoms with Crippen LogP contribution in [0.1, 0.15) is 30.0 Å². The first-order chi connectivity index (χ1) is 11.0. The van der Waals surface area contributed by atoms with E-state index in [1.165, 1.54) is 10.3 Å². The summed E-state index contributed by atoms with van der Waals surface area (Å²) in [7, 11) is -3.66. The number of hydrogen-bond acceptors (Lipinski definition) is 4. The number of fused-ring (bicyclic) bond motifs is 1. The van der Waals surface area contributed by atoms with Gasteiger partial charge < -0.3 is 0 Å². The van der Waals surface area contributed by atoms with E-state index in [1.807, 2.05) is 6.92 Å². The third kappa shape index (κ3) is 2.46. The van der Waals surface area contributed by atoms with Gasteiger partial charge in [0.05, 0.1) is 16.0 Å². The van der Waals surface area contributed by atoms with Crippen molar-refractivity contribution in [2.45, 2.75) is 30.6 Å². The minimum absolute atomic E-state index is 0.267. The van der Waals surface area contributed by atoms with Crippen LogP contribution in [-0.2, 0) is 10.0 Å². The highest BCUT2D eigenvalue weighted by Crippen LogP contribution is 2.43. The molecule has 1 aliphatic carbocycles. The van der Waals surface area contributed by atoms with E-state index in [-0.39, 0.29) is 4.90 Å². The molecule has 5 nitrogen and oxygen atoms in total. The molecule has 0 spiro atoms. The summed E-state index contributed by atoms with van der Waals surface area (Å²) in [5.74, 6) is 0.437. The summed E-state index contributed by atoms with van der Waals surface area (Å²) in [6, 6.07) is 6.86. The lowest BCUT2D eigenvalue weighted by molar-refractivity contribution is 0.588. The van der Waals surface area contributed by atoms with E-state index in [0.29, 0.717) is 11.6 Å². The van der Waals surface area contributed by atoms with E-state index in [1.54, 1.807) is 30.5 Å². The second-order valence-electron chi connectivity index (χ2n) is 5.82. The second-order valence-corrected chi connectivity index (χ2v) is 8.80. The molecule has 0 atom stereocenters. The fraction of sp³-hybridized carbons (Fsp3) is 0.250. The van der Waals surface area contributed by atoms with Gasteiger partial charge in [-0.2, -0.15) is 0 Å². The average molecular weight is 439 g/mol. The largest absolute Gasteiger partial charge is 0.269 e. The molecule has 2 heterocycles. The predicted octanol–water partition coefficient (Wildman–Crippen LogP) is 3.46. The molecule has 4 rings (SSSR count). The summed E-state index contributed by atoms with van der Waals surface area (Å²) in [4.78, 5) is 8.90. The highest BCUT2D eigenvalue weighted by atomic mass is 127. The molecule has 1 fully saturated rings. The van der Waals surface area contributed by atoms with Gasteiger partial charge >= 0.3 is 0 Å². The van der Waals surface area contributed by atoms with Gasteiger partial charge in [-0.15, -0.1) is 0 Å². The van der Waals surface area contributed by atoms with Gasteiger partial charge in [-0.1, -0.05) is 17.7 Å². The molecule has 118 valence electrons. The molecule has 0 unspecified atom stereocenters. The Morgan fingerprint density at radius 2 is 1.87 bits per heavy atom. The quantitative estimate of drug-likeness (QED) is 0.587. The summed E-state index contributed by atoms with van der Waals surface area (Å²) in [5.41, 5.74) is 2.46. The Kier molecular flexibility index (Phi) is 3.45. The van der Waals surface area contributed by atoms with E-state index in [4.69, 9.17) is 0 Å². The highest BCUT2D eigenvalue weighted by Gasteiger charge is 2.30. The van der Waals surface area contributed by atoms with Crippen LogP contribution >= 0.6 is 22.6 Å². The van der Waals surface area contributed by atoms with Gasteiger partial charge in [0.1, 0.15) is 6.33 Å². The molecule has 7 heteroatoms. The lowest BCUT2D eigenvalue weighted by atomic mass is 10.2. The Hall–Kier alpha value is -1.48. The molecule has 0 radical (unpaired) electrons. The molecule has 0 bridgehead atoms. The summed E-state index contributed by atoms with van der Waals surface area (Å²) in [6.07, 6.45) is 5.32. The van der Waals surface area contributed by atoms with E-state index in [2.05, 4.69) is 32.6 Å². The molecule has 0 N–H and O–H groups in total. The lowest BCUT2D eigenvalue weighted by Crippen LogP contribution is -2.12. The number of hydrogen-bond donors (Lipinski definition) is 0. The Labute approximate surface area is 148 Å². The summed E-state index contributed by atoms with van der Waals surface area (Å²) < 4.78 is 28.1. The first-order valence-electron chi connectivity index (χ1n) is 7.32. The zero-order valence-electron chi connectivity index (χ0n) is 12.4. The van der Waals surface area contributed by atoms with Crippen LogP contribution in [-0.4, -0.2) is 22.4 Å². The average Bonchev–Trinajstić information content (AvgIpc) is 3.31. The molecular weight excluding hydrogens is 425 g/mol. The second kappa shape index (κ2) is 5.27. The van der Waals surface area contributed by atoms with Crippen molar-refractivity contribution in [2.24, 2.45) is 0 Å². The number of halogens is 1. The van der Waals surface area contributed by atoms with E-state index in [0.717, 1.165) is 33.1 Å². The van der Waals surface area contributed by atoms with Gasteiger partial charge in [-0.3, -0.25) is 0 Å². The van der Waals surface area contributed by atoms with Crippen molar-refractivity contribution in [1.29, 1.82) is 0 Å². The first kappa shape index (κ1) is 15.1. The Morgan fingerprint density at radius 3 is 2.52 bits per heavy atom. The first-order valence-corrected chi connectivity index (χ1v) is 9.84. The van der Waals surface area contributed by atoms with Crippen LogP contribution in [0.15, 0.2) is 41.7 Å². The van der Waals surface area contributed by atoms with E-state index >= 15 is 0 Å². The molecule has 2 aromatic heterocycles. The normalized spacial score (nSPS) is 15.2. The van der Waals surface area contributed by atoms with E-state index in [9.17, 15) is 8.42 Å². The van der Waals surface area contributed by atoms with Crippen LogP contribution < -0.4 is 0 Å². The number of nitrogens with zero attached hydrogens (tertiary/aromatic N) is 3. The van der Waals surface area contributed by atoms with Crippen molar-refractivity contribution in [3.8, 4) is 0 Å². The predicted molar refractivity (Wildman–Crippen MR) is 96.0 cm³/mol. The van der Waals surface area contributed by atoms with Gasteiger partial charge in [-0.25, -0.2) is 22.4 Å². The topological polar surface area (TPSA) is 64.8 Å². The molecule has 1 aromatic carbocycles. The number of aromatic nitrogens is 3. The summed E-state index contributed by atoms with van der Waals surface area (Å²) in [6.45, 7) is 1.93. The van der Waals surface area contributed by atoms with Crippen LogP contribution in [0.4, 0.5) is 0 Å². The van der Waals surface area contributed by atoms with Gasteiger partial charge in [0.25, 0.3) is 10.0 Å². The molecule has 1 aliphatic rings. The van der Waals surface area contributed by atoms with Crippen molar-refractivity contribution >= 4 is 43.6 Å². The lowest BCUT2D eigenvalue weighted by Gasteiger charge is -2.07.